The van der Waals surface area contributed by atoms with Crippen LogP contribution in [-0.4, -0.2) is 20.4 Å². The summed E-state index contributed by atoms with van der Waals surface area (Å²) in [5.41, 5.74) is 0.983. The molecule has 1 aliphatic rings. The highest BCUT2D eigenvalue weighted by atomic mass is 32.2. The lowest BCUT2D eigenvalue weighted by Crippen LogP contribution is -2.09. The van der Waals surface area contributed by atoms with E-state index in [1.807, 2.05) is 0 Å². The van der Waals surface area contributed by atoms with E-state index in [1.165, 1.54) is 26.8 Å². The number of carbonyl (C=O) groups excluding carboxylic acids is 2. The third-order valence-electron chi connectivity index (χ3n) is 4.15. The lowest BCUT2D eigenvalue weighted by molar-refractivity contribution is -0.136. The Kier molecular flexibility index (Phi) is 5.20. The quantitative estimate of drug-likeness (QED) is 0.733. The molecule has 0 aromatic heterocycles. The van der Waals surface area contributed by atoms with Crippen LogP contribution in [0.3, 0.4) is 0 Å². The van der Waals surface area contributed by atoms with Crippen molar-refractivity contribution < 1.29 is 27.5 Å². The van der Waals surface area contributed by atoms with E-state index >= 15 is 0 Å². The number of sulfone groups is 1. The molecule has 3 rings (SSSR count). The molecule has 7 heteroatoms. The maximum absolute atomic E-state index is 13.2. The van der Waals surface area contributed by atoms with Crippen molar-refractivity contribution in [2.75, 3.05) is 0 Å². The molecule has 0 spiro atoms. The summed E-state index contributed by atoms with van der Waals surface area (Å²) in [7, 11) is -3.99. The van der Waals surface area contributed by atoms with Crippen molar-refractivity contribution in [1.82, 2.24) is 0 Å². The summed E-state index contributed by atoms with van der Waals surface area (Å²) < 4.78 is 37.2. The van der Waals surface area contributed by atoms with Gasteiger partial charge in [0.05, 0.1) is 15.4 Å². The molecule has 0 fully saturated rings. The molecule has 2 aromatic rings. The van der Waals surface area contributed by atoms with Crippen LogP contribution >= 0.6 is 0 Å². The SMILES string of the molecule is CC(=O)OC1=C(C)S(=O)(=O)c2ccccc2C(OC(C)=O)=C1c1ccccc1. The second-order valence-electron chi connectivity index (χ2n) is 6.14. The number of esters is 2. The molecular weight excluding hydrogens is 380 g/mol. The summed E-state index contributed by atoms with van der Waals surface area (Å²) in [4.78, 5) is 23.5. The van der Waals surface area contributed by atoms with E-state index < -0.39 is 21.8 Å². The molecule has 6 nitrogen and oxygen atoms in total. The second kappa shape index (κ2) is 7.44. The predicted molar refractivity (Wildman–Crippen MR) is 103 cm³/mol. The molecule has 0 saturated carbocycles. The van der Waals surface area contributed by atoms with E-state index in [-0.39, 0.29) is 32.5 Å². The van der Waals surface area contributed by atoms with Gasteiger partial charge in [-0.25, -0.2) is 8.42 Å². The zero-order valence-corrected chi connectivity index (χ0v) is 16.4. The molecule has 0 saturated heterocycles. The number of hydrogen-bond acceptors (Lipinski definition) is 6. The zero-order valence-electron chi connectivity index (χ0n) is 15.6. The fraction of sp³-hybridized carbons (Fsp3) is 0.143. The Morgan fingerprint density at radius 3 is 1.93 bits per heavy atom. The van der Waals surface area contributed by atoms with Gasteiger partial charge >= 0.3 is 11.9 Å². The smallest absolute Gasteiger partial charge is 0.308 e. The normalized spacial score (nSPS) is 15.5. The minimum atomic E-state index is -3.99. The van der Waals surface area contributed by atoms with E-state index in [9.17, 15) is 18.0 Å². The maximum Gasteiger partial charge on any atom is 0.308 e. The van der Waals surface area contributed by atoms with Gasteiger partial charge in [0.15, 0.2) is 11.5 Å². The van der Waals surface area contributed by atoms with Crippen molar-refractivity contribution in [3.05, 3.63) is 76.4 Å². The summed E-state index contributed by atoms with van der Waals surface area (Å²) >= 11 is 0. The number of ether oxygens (including phenoxy) is 2. The lowest BCUT2D eigenvalue weighted by atomic mass is 9.98. The average molecular weight is 398 g/mol. The average Bonchev–Trinajstić information content (AvgIpc) is 2.71. The number of hydrogen-bond donors (Lipinski definition) is 0. The number of allylic oxidation sites excluding steroid dienone is 2. The Morgan fingerprint density at radius 1 is 0.786 bits per heavy atom. The molecule has 0 bridgehead atoms. The van der Waals surface area contributed by atoms with Crippen LogP contribution in [0.4, 0.5) is 0 Å². The van der Waals surface area contributed by atoms with Gasteiger partial charge in [0, 0.05) is 19.4 Å². The topological polar surface area (TPSA) is 86.7 Å². The fourth-order valence-electron chi connectivity index (χ4n) is 2.97. The van der Waals surface area contributed by atoms with Gasteiger partial charge in [0.25, 0.3) is 0 Å². The molecule has 2 aromatic carbocycles. The number of rotatable bonds is 3. The minimum absolute atomic E-state index is 0.0194. The molecule has 0 aliphatic carbocycles. The van der Waals surface area contributed by atoms with Gasteiger partial charge in [-0.3, -0.25) is 9.59 Å². The summed E-state index contributed by atoms with van der Waals surface area (Å²) in [6, 6.07) is 14.9. The summed E-state index contributed by atoms with van der Waals surface area (Å²) in [6.45, 7) is 3.77. The zero-order chi connectivity index (χ0) is 20.5. The summed E-state index contributed by atoms with van der Waals surface area (Å²) in [5.74, 6) is -1.46. The van der Waals surface area contributed by atoms with Crippen molar-refractivity contribution in [3.8, 4) is 0 Å². The number of fused-ring (bicyclic) bond motifs is 1. The van der Waals surface area contributed by atoms with E-state index in [0.717, 1.165) is 0 Å². The third-order valence-corrected chi connectivity index (χ3v) is 6.08. The molecule has 0 unspecified atom stereocenters. The third kappa shape index (κ3) is 3.48. The van der Waals surface area contributed by atoms with Crippen LogP contribution in [0.25, 0.3) is 11.3 Å². The molecule has 1 aliphatic heterocycles. The highest BCUT2D eigenvalue weighted by Gasteiger charge is 2.35. The van der Waals surface area contributed by atoms with Gasteiger partial charge < -0.3 is 9.47 Å². The highest BCUT2D eigenvalue weighted by Crippen LogP contribution is 2.43. The first-order valence-corrected chi connectivity index (χ1v) is 9.94. The molecular formula is C21H18O6S. The van der Waals surface area contributed by atoms with Crippen LogP contribution in [0.15, 0.2) is 70.2 Å². The molecule has 144 valence electrons. The predicted octanol–water partition coefficient (Wildman–Crippen LogP) is 3.70. The van der Waals surface area contributed by atoms with E-state index in [0.29, 0.717) is 5.56 Å². The van der Waals surface area contributed by atoms with E-state index in [1.54, 1.807) is 48.5 Å². The largest absolute Gasteiger partial charge is 0.425 e. The van der Waals surface area contributed by atoms with Crippen molar-refractivity contribution in [3.63, 3.8) is 0 Å². The molecule has 0 N–H and O–H groups in total. The second-order valence-corrected chi connectivity index (χ2v) is 8.20. The Bertz CT molecular complexity index is 1120. The van der Waals surface area contributed by atoms with E-state index in [2.05, 4.69) is 0 Å². The van der Waals surface area contributed by atoms with Crippen molar-refractivity contribution in [1.29, 1.82) is 0 Å². The monoisotopic (exact) mass is 398 g/mol. The molecule has 0 amide bonds. The molecule has 0 atom stereocenters. The molecule has 1 heterocycles. The van der Waals surface area contributed by atoms with Crippen LogP contribution in [0.5, 0.6) is 0 Å². The maximum atomic E-state index is 13.2. The summed E-state index contributed by atoms with van der Waals surface area (Å²) in [5, 5.41) is 0. The lowest BCUT2D eigenvalue weighted by Gasteiger charge is -2.17. The van der Waals surface area contributed by atoms with Crippen LogP contribution < -0.4 is 0 Å². The highest BCUT2D eigenvalue weighted by molar-refractivity contribution is 7.95. The van der Waals surface area contributed by atoms with Gasteiger partial charge in [-0.15, -0.1) is 0 Å². The van der Waals surface area contributed by atoms with E-state index in [4.69, 9.17) is 9.47 Å². The first kappa shape index (κ1) is 19.6. The number of benzene rings is 2. The van der Waals surface area contributed by atoms with Gasteiger partial charge in [-0.05, 0) is 24.6 Å². The molecule has 28 heavy (non-hydrogen) atoms. The number of carbonyl (C=O) groups is 2. The van der Waals surface area contributed by atoms with Gasteiger partial charge in [-0.1, -0.05) is 42.5 Å². The van der Waals surface area contributed by atoms with Crippen molar-refractivity contribution >= 4 is 33.1 Å². The van der Waals surface area contributed by atoms with Gasteiger partial charge in [-0.2, -0.15) is 0 Å². The van der Waals surface area contributed by atoms with Gasteiger partial charge in [0.1, 0.15) is 0 Å². The van der Waals surface area contributed by atoms with Crippen molar-refractivity contribution in [2.45, 2.75) is 25.7 Å². The van der Waals surface area contributed by atoms with Crippen LogP contribution in [0.2, 0.25) is 0 Å². The van der Waals surface area contributed by atoms with Crippen LogP contribution in [-0.2, 0) is 28.9 Å². The summed E-state index contributed by atoms with van der Waals surface area (Å²) in [6.07, 6.45) is 0. The Morgan fingerprint density at radius 2 is 1.32 bits per heavy atom. The van der Waals surface area contributed by atoms with Crippen LogP contribution in [0.1, 0.15) is 31.9 Å². The first-order chi connectivity index (χ1) is 13.2. The standard InChI is InChI=1S/C21H18O6S/c1-13-20(26-14(2)22)19(16-9-5-4-6-10-16)21(27-15(3)23)17-11-7-8-12-18(17)28(13,24)25/h4-12H,1-3H3. The molecule has 0 radical (unpaired) electrons. The Hall–Kier alpha value is -3.19. The van der Waals surface area contributed by atoms with Gasteiger partial charge in [0.2, 0.25) is 9.84 Å². The minimum Gasteiger partial charge on any atom is -0.425 e. The Labute approximate surface area is 163 Å². The fourth-order valence-corrected chi connectivity index (χ4v) is 4.40. The Balaban J connectivity index is 2.52. The van der Waals surface area contributed by atoms with Crippen LogP contribution in [0, 0.1) is 0 Å². The van der Waals surface area contributed by atoms with Crippen molar-refractivity contribution in [2.24, 2.45) is 0 Å². The first-order valence-electron chi connectivity index (χ1n) is 8.45.